The van der Waals surface area contributed by atoms with E-state index in [9.17, 15) is 0 Å². The molecular formula is C13H30NO3+. The molecule has 0 unspecified atom stereocenters. The van der Waals surface area contributed by atoms with Gasteiger partial charge in [0.15, 0.2) is 0 Å². The van der Waals surface area contributed by atoms with Crippen molar-refractivity contribution in [1.29, 1.82) is 0 Å². The standard InChI is InChI=1S/C13H30NO3/c1-5-6-7-14(8-11-15-2,9-12-16-3)10-13-17-4/h5-13H2,1-4H3/q+1. The molecule has 0 N–H and O–H groups in total. The van der Waals surface area contributed by atoms with Crippen molar-refractivity contribution in [3.05, 3.63) is 0 Å². The lowest BCUT2D eigenvalue weighted by atomic mass is 10.2. The van der Waals surface area contributed by atoms with Crippen LogP contribution in [0.2, 0.25) is 0 Å². The van der Waals surface area contributed by atoms with Crippen LogP contribution in [-0.2, 0) is 14.2 Å². The molecule has 17 heavy (non-hydrogen) atoms. The van der Waals surface area contributed by atoms with Gasteiger partial charge in [0, 0.05) is 21.3 Å². The van der Waals surface area contributed by atoms with E-state index in [0.717, 1.165) is 43.9 Å². The Hall–Kier alpha value is -0.160. The third-order valence-corrected chi connectivity index (χ3v) is 3.30. The van der Waals surface area contributed by atoms with E-state index in [1.165, 1.54) is 19.4 Å². The topological polar surface area (TPSA) is 27.7 Å². The number of ether oxygens (including phenoxy) is 3. The zero-order chi connectivity index (χ0) is 13.0. The van der Waals surface area contributed by atoms with Crippen LogP contribution in [0, 0.1) is 0 Å². The molecule has 104 valence electrons. The SMILES string of the molecule is CCCC[N+](CCOC)(CCOC)CCOC. The average molecular weight is 248 g/mol. The van der Waals surface area contributed by atoms with Gasteiger partial charge in [-0.25, -0.2) is 0 Å². The van der Waals surface area contributed by atoms with Gasteiger partial charge in [-0.15, -0.1) is 0 Å². The van der Waals surface area contributed by atoms with Crippen LogP contribution < -0.4 is 0 Å². The molecule has 0 spiro atoms. The lowest BCUT2D eigenvalue weighted by Gasteiger charge is -2.38. The van der Waals surface area contributed by atoms with Crippen LogP contribution in [0.4, 0.5) is 0 Å². The number of hydrogen-bond donors (Lipinski definition) is 0. The molecule has 0 fully saturated rings. The number of rotatable bonds is 12. The molecule has 0 amide bonds. The monoisotopic (exact) mass is 248 g/mol. The molecule has 0 aliphatic rings. The molecule has 0 saturated carbocycles. The number of methoxy groups -OCH3 is 3. The first-order valence-electron chi connectivity index (χ1n) is 6.56. The van der Waals surface area contributed by atoms with E-state index in [0.29, 0.717) is 0 Å². The molecular weight excluding hydrogens is 218 g/mol. The second-order valence-electron chi connectivity index (χ2n) is 4.57. The van der Waals surface area contributed by atoms with Crippen LogP contribution >= 0.6 is 0 Å². The molecule has 0 atom stereocenters. The van der Waals surface area contributed by atoms with Crippen molar-refractivity contribution in [1.82, 2.24) is 0 Å². The van der Waals surface area contributed by atoms with E-state index in [1.807, 2.05) is 0 Å². The van der Waals surface area contributed by atoms with Crippen molar-refractivity contribution in [2.45, 2.75) is 19.8 Å². The third-order valence-electron chi connectivity index (χ3n) is 3.30. The largest absolute Gasteiger partial charge is 0.379 e. The molecule has 0 aromatic carbocycles. The lowest BCUT2D eigenvalue weighted by Crippen LogP contribution is -2.54. The second kappa shape index (κ2) is 11.0. The van der Waals surface area contributed by atoms with Gasteiger partial charge in [-0.1, -0.05) is 13.3 Å². The Morgan fingerprint density at radius 1 is 0.706 bits per heavy atom. The predicted octanol–water partition coefficient (Wildman–Crippen LogP) is 1.54. The molecule has 0 radical (unpaired) electrons. The minimum Gasteiger partial charge on any atom is -0.379 e. The highest BCUT2D eigenvalue weighted by Crippen LogP contribution is 2.10. The molecule has 4 nitrogen and oxygen atoms in total. The van der Waals surface area contributed by atoms with Gasteiger partial charge in [-0.2, -0.15) is 0 Å². The van der Waals surface area contributed by atoms with Crippen LogP contribution in [0.15, 0.2) is 0 Å². The molecule has 0 aliphatic heterocycles. The summed E-state index contributed by atoms with van der Waals surface area (Å²) < 4.78 is 16.8. The Morgan fingerprint density at radius 2 is 1.12 bits per heavy atom. The fourth-order valence-electron chi connectivity index (χ4n) is 2.02. The Kier molecular flexibility index (Phi) is 10.9. The summed E-state index contributed by atoms with van der Waals surface area (Å²) in [5.74, 6) is 0. The van der Waals surface area contributed by atoms with Gasteiger partial charge in [0.2, 0.25) is 0 Å². The molecule has 0 heterocycles. The quantitative estimate of drug-likeness (QED) is 0.490. The third kappa shape index (κ3) is 7.71. The molecule has 4 heteroatoms. The molecule has 0 aromatic rings. The van der Waals surface area contributed by atoms with Gasteiger partial charge in [0.05, 0.1) is 26.4 Å². The van der Waals surface area contributed by atoms with Crippen LogP contribution in [0.5, 0.6) is 0 Å². The zero-order valence-corrected chi connectivity index (χ0v) is 12.0. The van der Waals surface area contributed by atoms with Gasteiger partial charge in [-0.05, 0) is 6.42 Å². The van der Waals surface area contributed by atoms with E-state index in [2.05, 4.69) is 6.92 Å². The lowest BCUT2D eigenvalue weighted by molar-refractivity contribution is -0.929. The number of quaternary nitrogens is 1. The predicted molar refractivity (Wildman–Crippen MR) is 70.3 cm³/mol. The minimum atomic E-state index is 0.803. The Bertz CT molecular complexity index is 127. The summed E-state index contributed by atoms with van der Waals surface area (Å²) in [6.07, 6.45) is 2.48. The van der Waals surface area contributed by atoms with Crippen molar-refractivity contribution < 1.29 is 18.7 Å². The Morgan fingerprint density at radius 3 is 1.41 bits per heavy atom. The summed E-state index contributed by atoms with van der Waals surface area (Å²) in [5, 5.41) is 0. The number of hydrogen-bond acceptors (Lipinski definition) is 3. The summed E-state index contributed by atoms with van der Waals surface area (Å²) in [7, 11) is 5.30. The normalized spacial score (nSPS) is 12.0. The minimum absolute atomic E-state index is 0.803. The number of nitrogens with zero attached hydrogens (tertiary/aromatic N) is 1. The maximum absolute atomic E-state index is 5.24. The maximum Gasteiger partial charge on any atom is 0.103 e. The van der Waals surface area contributed by atoms with E-state index in [-0.39, 0.29) is 0 Å². The van der Waals surface area contributed by atoms with E-state index >= 15 is 0 Å². The van der Waals surface area contributed by atoms with Crippen LogP contribution in [0.25, 0.3) is 0 Å². The van der Waals surface area contributed by atoms with Gasteiger partial charge in [-0.3, -0.25) is 0 Å². The highest BCUT2D eigenvalue weighted by atomic mass is 16.5. The fraction of sp³-hybridized carbons (Fsp3) is 1.00. The summed E-state index contributed by atoms with van der Waals surface area (Å²) in [5.41, 5.74) is 0. The summed E-state index contributed by atoms with van der Waals surface area (Å²) in [6, 6.07) is 0. The second-order valence-corrected chi connectivity index (χ2v) is 4.57. The summed E-state index contributed by atoms with van der Waals surface area (Å²) >= 11 is 0. The van der Waals surface area contributed by atoms with Crippen LogP contribution in [0.3, 0.4) is 0 Å². The Balaban J connectivity index is 4.39. The highest BCUT2D eigenvalue weighted by molar-refractivity contribution is 4.47. The van der Waals surface area contributed by atoms with Crippen molar-refractivity contribution >= 4 is 0 Å². The zero-order valence-electron chi connectivity index (χ0n) is 12.0. The van der Waals surface area contributed by atoms with Crippen molar-refractivity contribution in [2.75, 3.05) is 67.3 Å². The van der Waals surface area contributed by atoms with Gasteiger partial charge < -0.3 is 18.7 Å². The van der Waals surface area contributed by atoms with E-state index in [1.54, 1.807) is 21.3 Å². The average Bonchev–Trinajstić information content (AvgIpc) is 2.37. The Labute approximate surface area is 106 Å². The van der Waals surface area contributed by atoms with Crippen molar-refractivity contribution in [3.8, 4) is 0 Å². The van der Waals surface area contributed by atoms with E-state index < -0.39 is 0 Å². The summed E-state index contributed by atoms with van der Waals surface area (Å²) in [4.78, 5) is 0. The molecule has 0 rings (SSSR count). The van der Waals surface area contributed by atoms with Gasteiger partial charge in [0.25, 0.3) is 0 Å². The number of unbranched alkanes of at least 4 members (excludes halogenated alkanes) is 1. The van der Waals surface area contributed by atoms with Crippen LogP contribution in [-0.4, -0.2) is 71.8 Å². The maximum atomic E-state index is 5.24. The molecule has 0 aliphatic carbocycles. The first-order chi connectivity index (χ1) is 8.24. The van der Waals surface area contributed by atoms with Gasteiger partial charge in [0.1, 0.15) is 19.6 Å². The molecule has 0 saturated heterocycles. The fourth-order valence-corrected chi connectivity index (χ4v) is 2.02. The van der Waals surface area contributed by atoms with Crippen LogP contribution in [0.1, 0.15) is 19.8 Å². The highest BCUT2D eigenvalue weighted by Gasteiger charge is 2.25. The first-order valence-corrected chi connectivity index (χ1v) is 6.56. The summed E-state index contributed by atoms with van der Waals surface area (Å²) in [6.45, 7) is 8.96. The van der Waals surface area contributed by atoms with E-state index in [4.69, 9.17) is 14.2 Å². The van der Waals surface area contributed by atoms with Gasteiger partial charge >= 0.3 is 0 Å². The first kappa shape index (κ1) is 16.8. The smallest absolute Gasteiger partial charge is 0.103 e. The van der Waals surface area contributed by atoms with Crippen molar-refractivity contribution in [3.63, 3.8) is 0 Å². The molecule has 0 aromatic heterocycles. The molecule has 0 bridgehead atoms. The van der Waals surface area contributed by atoms with Crippen molar-refractivity contribution in [2.24, 2.45) is 0 Å².